The van der Waals surface area contributed by atoms with E-state index in [1.54, 1.807) is 7.11 Å². The first kappa shape index (κ1) is 11.4. The summed E-state index contributed by atoms with van der Waals surface area (Å²) in [4.78, 5) is 0. The third-order valence-corrected chi connectivity index (χ3v) is 2.34. The number of methoxy groups -OCH3 is 1. The molecule has 0 N–H and O–H groups in total. The second kappa shape index (κ2) is 5.12. The summed E-state index contributed by atoms with van der Waals surface area (Å²) in [6.07, 6.45) is 4.16. The van der Waals surface area contributed by atoms with Crippen LogP contribution in [0.4, 0.5) is 0 Å². The van der Waals surface area contributed by atoms with Crippen LogP contribution < -0.4 is 17.0 Å². The van der Waals surface area contributed by atoms with Crippen LogP contribution in [0.3, 0.4) is 0 Å². The standard InChI is InChI=1S/C8H18NO.BrH/c1-9(8-10-2)6-4-3-5-7-9;/h3-8H2,1-2H3;1H/q+1;/p-1. The van der Waals surface area contributed by atoms with Crippen LogP contribution in [0.2, 0.25) is 0 Å². The van der Waals surface area contributed by atoms with Gasteiger partial charge in [-0.1, -0.05) is 0 Å². The van der Waals surface area contributed by atoms with Crippen LogP contribution in [0.5, 0.6) is 0 Å². The first-order chi connectivity index (χ1) is 4.77. The Morgan fingerprint density at radius 1 is 1.18 bits per heavy atom. The van der Waals surface area contributed by atoms with E-state index in [0.29, 0.717) is 0 Å². The van der Waals surface area contributed by atoms with Gasteiger partial charge in [0.25, 0.3) is 0 Å². The minimum atomic E-state index is 0. The van der Waals surface area contributed by atoms with Gasteiger partial charge in [-0.2, -0.15) is 0 Å². The van der Waals surface area contributed by atoms with Crippen molar-refractivity contribution >= 4 is 0 Å². The lowest BCUT2D eigenvalue weighted by Crippen LogP contribution is -3.00. The van der Waals surface area contributed by atoms with Crippen LogP contribution in [-0.2, 0) is 4.74 Å². The van der Waals surface area contributed by atoms with E-state index in [2.05, 4.69) is 7.05 Å². The van der Waals surface area contributed by atoms with Crippen LogP contribution in [0.25, 0.3) is 0 Å². The van der Waals surface area contributed by atoms with Gasteiger partial charge in [0.15, 0.2) is 6.73 Å². The average Bonchev–Trinajstić information content (AvgIpc) is 1.89. The molecule has 3 heteroatoms. The molecule has 0 amide bonds. The molecule has 1 saturated heterocycles. The number of likely N-dealkylation sites (tertiary alicyclic amines) is 1. The van der Waals surface area contributed by atoms with Gasteiger partial charge in [0.2, 0.25) is 0 Å². The predicted octanol–water partition coefficient (Wildman–Crippen LogP) is -1.78. The third kappa shape index (κ3) is 3.54. The highest BCUT2D eigenvalue weighted by atomic mass is 79.9. The first-order valence-corrected chi connectivity index (χ1v) is 4.09. The van der Waals surface area contributed by atoms with Crippen molar-refractivity contribution in [1.82, 2.24) is 0 Å². The minimum Gasteiger partial charge on any atom is -1.00 e. The number of piperidine rings is 1. The number of ether oxygens (including phenoxy) is 1. The Kier molecular flexibility index (Phi) is 5.30. The van der Waals surface area contributed by atoms with Gasteiger partial charge in [-0.05, 0) is 19.3 Å². The predicted molar refractivity (Wildman–Crippen MR) is 41.6 cm³/mol. The lowest BCUT2D eigenvalue weighted by Gasteiger charge is -2.36. The van der Waals surface area contributed by atoms with Crippen molar-refractivity contribution in [2.24, 2.45) is 0 Å². The minimum absolute atomic E-state index is 0. The van der Waals surface area contributed by atoms with Gasteiger partial charge in [0.05, 0.1) is 20.1 Å². The van der Waals surface area contributed by atoms with Gasteiger partial charge in [-0.25, -0.2) is 0 Å². The van der Waals surface area contributed by atoms with Gasteiger partial charge < -0.3 is 26.2 Å². The second-order valence-corrected chi connectivity index (χ2v) is 3.55. The molecule has 1 rings (SSSR count). The number of quaternary nitrogens is 1. The highest BCUT2D eigenvalue weighted by Gasteiger charge is 2.23. The highest BCUT2D eigenvalue weighted by molar-refractivity contribution is 4.48. The van der Waals surface area contributed by atoms with Crippen LogP contribution in [0.15, 0.2) is 0 Å². The van der Waals surface area contributed by atoms with Gasteiger partial charge in [-0.3, -0.25) is 0 Å². The molecule has 0 aromatic heterocycles. The summed E-state index contributed by atoms with van der Waals surface area (Å²) in [5, 5.41) is 0. The molecule has 0 saturated carbocycles. The van der Waals surface area contributed by atoms with Crippen LogP contribution in [-0.4, -0.2) is 38.5 Å². The summed E-state index contributed by atoms with van der Waals surface area (Å²) >= 11 is 0. The molecule has 1 aliphatic rings. The molecule has 0 spiro atoms. The molecular weight excluding hydrogens is 206 g/mol. The Labute approximate surface area is 79.9 Å². The largest absolute Gasteiger partial charge is 1.00 e. The van der Waals surface area contributed by atoms with Crippen molar-refractivity contribution in [3.63, 3.8) is 0 Å². The topological polar surface area (TPSA) is 9.23 Å². The second-order valence-electron chi connectivity index (χ2n) is 3.55. The monoisotopic (exact) mass is 223 g/mol. The zero-order valence-electron chi connectivity index (χ0n) is 7.48. The summed E-state index contributed by atoms with van der Waals surface area (Å²) in [6, 6.07) is 0. The van der Waals surface area contributed by atoms with Gasteiger partial charge in [0.1, 0.15) is 0 Å². The van der Waals surface area contributed by atoms with E-state index in [1.165, 1.54) is 32.4 Å². The Morgan fingerprint density at radius 3 is 2.18 bits per heavy atom. The van der Waals surface area contributed by atoms with E-state index in [9.17, 15) is 0 Å². The molecule has 11 heavy (non-hydrogen) atoms. The van der Waals surface area contributed by atoms with E-state index in [0.717, 1.165) is 11.2 Å². The van der Waals surface area contributed by atoms with Crippen molar-refractivity contribution < 1.29 is 26.2 Å². The zero-order chi connectivity index (χ0) is 7.45. The molecule has 0 atom stereocenters. The van der Waals surface area contributed by atoms with Gasteiger partial charge >= 0.3 is 0 Å². The van der Waals surface area contributed by atoms with E-state index in [4.69, 9.17) is 4.74 Å². The summed E-state index contributed by atoms with van der Waals surface area (Å²) in [5.74, 6) is 0. The molecule has 0 bridgehead atoms. The molecule has 0 radical (unpaired) electrons. The summed E-state index contributed by atoms with van der Waals surface area (Å²) in [5.41, 5.74) is 0. The maximum absolute atomic E-state index is 5.16. The zero-order valence-corrected chi connectivity index (χ0v) is 9.06. The normalized spacial score (nSPS) is 22.4. The Morgan fingerprint density at radius 2 is 1.73 bits per heavy atom. The maximum Gasteiger partial charge on any atom is 0.182 e. The lowest BCUT2D eigenvalue weighted by atomic mass is 10.1. The van der Waals surface area contributed by atoms with Crippen molar-refractivity contribution in [1.29, 1.82) is 0 Å². The Balaban J connectivity index is 0.000001000. The lowest BCUT2D eigenvalue weighted by molar-refractivity contribution is -0.931. The smallest absolute Gasteiger partial charge is 0.182 e. The van der Waals surface area contributed by atoms with Crippen molar-refractivity contribution in [3.8, 4) is 0 Å². The number of nitrogens with zero attached hydrogens (tertiary/aromatic N) is 1. The van der Waals surface area contributed by atoms with Crippen molar-refractivity contribution in [2.45, 2.75) is 19.3 Å². The molecule has 68 valence electrons. The molecule has 1 heterocycles. The third-order valence-electron chi connectivity index (χ3n) is 2.34. The van der Waals surface area contributed by atoms with E-state index < -0.39 is 0 Å². The van der Waals surface area contributed by atoms with E-state index in [1.807, 2.05) is 0 Å². The molecule has 0 aromatic carbocycles. The summed E-state index contributed by atoms with van der Waals surface area (Å²) < 4.78 is 6.28. The van der Waals surface area contributed by atoms with E-state index >= 15 is 0 Å². The maximum atomic E-state index is 5.16. The summed E-state index contributed by atoms with van der Waals surface area (Å²) in [6.45, 7) is 3.49. The van der Waals surface area contributed by atoms with E-state index in [-0.39, 0.29) is 17.0 Å². The molecule has 1 aliphatic heterocycles. The SMILES string of the molecule is COC[N+]1(C)CCCCC1.[Br-]. The van der Waals surface area contributed by atoms with Gasteiger partial charge in [0, 0.05) is 7.11 Å². The Bertz CT molecular complexity index is 96.8. The molecule has 2 nitrogen and oxygen atoms in total. The fourth-order valence-electron chi connectivity index (χ4n) is 1.72. The summed E-state index contributed by atoms with van der Waals surface area (Å²) in [7, 11) is 4.07. The molecule has 0 unspecified atom stereocenters. The van der Waals surface area contributed by atoms with Crippen molar-refractivity contribution in [3.05, 3.63) is 0 Å². The number of hydrogen-bond acceptors (Lipinski definition) is 1. The molecule has 1 fully saturated rings. The first-order valence-electron chi connectivity index (χ1n) is 4.09. The highest BCUT2D eigenvalue weighted by Crippen LogP contribution is 2.15. The molecule has 0 aliphatic carbocycles. The van der Waals surface area contributed by atoms with Crippen LogP contribution in [0.1, 0.15) is 19.3 Å². The quantitative estimate of drug-likeness (QED) is 0.504. The van der Waals surface area contributed by atoms with Crippen molar-refractivity contribution in [2.75, 3.05) is 34.0 Å². The van der Waals surface area contributed by atoms with Crippen LogP contribution >= 0.6 is 0 Å². The number of halogens is 1. The number of hydrogen-bond donors (Lipinski definition) is 0. The van der Waals surface area contributed by atoms with Crippen LogP contribution in [0, 0.1) is 0 Å². The van der Waals surface area contributed by atoms with Gasteiger partial charge in [-0.15, -0.1) is 0 Å². The molecule has 0 aromatic rings. The molecular formula is C8H18BrNO. The number of rotatable bonds is 2. The fraction of sp³-hybridized carbons (Fsp3) is 1.00. The average molecular weight is 224 g/mol. The Hall–Kier alpha value is 0.400. The fourth-order valence-corrected chi connectivity index (χ4v) is 1.72.